The first-order chi connectivity index (χ1) is 9.63. The van der Waals surface area contributed by atoms with Crippen molar-refractivity contribution >= 4 is 34.8 Å². The van der Waals surface area contributed by atoms with Gasteiger partial charge in [0.05, 0.1) is 6.54 Å². The van der Waals surface area contributed by atoms with Crippen molar-refractivity contribution in [2.45, 2.75) is 6.54 Å². The number of rotatable bonds is 4. The Balaban J connectivity index is 2.37. The predicted molar refractivity (Wildman–Crippen MR) is 79.8 cm³/mol. The van der Waals surface area contributed by atoms with Crippen LogP contribution in [0.5, 0.6) is 0 Å². The van der Waals surface area contributed by atoms with E-state index >= 15 is 0 Å². The molecule has 0 spiro atoms. The Kier molecular flexibility index (Phi) is 4.99. The molecule has 0 unspecified atom stereocenters. The van der Waals surface area contributed by atoms with Crippen molar-refractivity contribution in [2.75, 3.05) is 10.8 Å². The minimum atomic E-state index is -0.444. The number of hydrogen-bond donors (Lipinski definition) is 0. The monoisotopic (exact) mass is 311 g/mol. The molecule has 0 aromatic heterocycles. The highest BCUT2D eigenvalue weighted by Crippen LogP contribution is 2.24. The molecule has 0 N–H and O–H groups in total. The van der Waals surface area contributed by atoms with E-state index in [9.17, 15) is 9.18 Å². The molecule has 0 heterocycles. The molecule has 2 nitrogen and oxygen atoms in total. The number of carbonyl (C=O) groups is 1. The summed E-state index contributed by atoms with van der Waals surface area (Å²) in [4.78, 5) is 13.4. The highest BCUT2D eigenvalue weighted by molar-refractivity contribution is 6.31. The van der Waals surface area contributed by atoms with Crippen molar-refractivity contribution in [1.29, 1.82) is 0 Å². The van der Waals surface area contributed by atoms with E-state index in [0.29, 0.717) is 5.69 Å². The van der Waals surface area contributed by atoms with Crippen molar-refractivity contribution in [3.8, 4) is 0 Å². The number of para-hydroxylation sites is 1. The van der Waals surface area contributed by atoms with E-state index in [-0.39, 0.29) is 28.9 Å². The molecule has 0 fully saturated rings. The van der Waals surface area contributed by atoms with Crippen molar-refractivity contribution in [3.05, 3.63) is 64.9 Å². The first-order valence-electron chi connectivity index (χ1n) is 5.97. The summed E-state index contributed by atoms with van der Waals surface area (Å²) < 4.78 is 13.8. The Morgan fingerprint density at radius 3 is 2.40 bits per heavy atom. The van der Waals surface area contributed by atoms with Crippen molar-refractivity contribution in [3.63, 3.8) is 0 Å². The zero-order valence-electron chi connectivity index (χ0n) is 10.5. The second kappa shape index (κ2) is 6.73. The lowest BCUT2D eigenvalue weighted by molar-refractivity contribution is -0.116. The first kappa shape index (κ1) is 14.8. The van der Waals surface area contributed by atoms with E-state index in [4.69, 9.17) is 23.2 Å². The topological polar surface area (TPSA) is 20.3 Å². The lowest BCUT2D eigenvalue weighted by Gasteiger charge is -2.22. The van der Waals surface area contributed by atoms with Crippen molar-refractivity contribution in [1.82, 2.24) is 0 Å². The van der Waals surface area contributed by atoms with Crippen molar-refractivity contribution in [2.24, 2.45) is 0 Å². The van der Waals surface area contributed by atoms with E-state index in [1.807, 2.05) is 6.07 Å². The van der Waals surface area contributed by atoms with Crippen LogP contribution in [0.1, 0.15) is 5.56 Å². The lowest BCUT2D eigenvalue weighted by atomic mass is 10.1. The zero-order chi connectivity index (χ0) is 14.5. The maximum atomic E-state index is 13.8. The Hall–Kier alpha value is -1.58. The highest BCUT2D eigenvalue weighted by atomic mass is 35.5. The molecule has 1 amide bonds. The van der Waals surface area contributed by atoms with Gasteiger partial charge < -0.3 is 4.90 Å². The third kappa shape index (κ3) is 3.30. The fourth-order valence-corrected chi connectivity index (χ4v) is 2.21. The molecule has 104 valence electrons. The van der Waals surface area contributed by atoms with Crippen LogP contribution in [0.4, 0.5) is 10.1 Å². The van der Waals surface area contributed by atoms with Gasteiger partial charge in [0.2, 0.25) is 5.91 Å². The summed E-state index contributed by atoms with van der Waals surface area (Å²) >= 11 is 11.6. The molecule has 2 rings (SSSR count). The third-order valence-corrected chi connectivity index (χ3v) is 3.44. The third-order valence-electron chi connectivity index (χ3n) is 2.86. The minimum absolute atomic E-state index is 0.0427. The molecule has 2 aromatic rings. The molecule has 0 bridgehead atoms. The second-order valence-electron chi connectivity index (χ2n) is 4.15. The second-order valence-corrected chi connectivity index (χ2v) is 4.82. The molecule has 0 atom stereocenters. The Labute approximate surface area is 126 Å². The van der Waals surface area contributed by atoms with Crippen LogP contribution in [-0.2, 0) is 11.3 Å². The summed E-state index contributed by atoms with van der Waals surface area (Å²) in [5, 5.41) is 0.285. The van der Waals surface area contributed by atoms with E-state index in [0.717, 1.165) is 0 Å². The number of alkyl halides is 1. The Bertz CT molecular complexity index is 584. The SMILES string of the molecule is O=C(CCl)N(Cc1c(F)cccc1Cl)c1ccccc1. The molecule has 0 aliphatic heterocycles. The van der Waals surface area contributed by atoms with E-state index in [1.54, 1.807) is 30.3 Å². The number of carbonyl (C=O) groups excluding carboxylic acids is 1. The van der Waals surface area contributed by atoms with E-state index in [1.165, 1.54) is 17.0 Å². The summed E-state index contributed by atoms with van der Waals surface area (Å²) in [5.41, 5.74) is 0.925. The maximum Gasteiger partial charge on any atom is 0.242 e. The molecule has 0 saturated carbocycles. The number of benzene rings is 2. The summed E-state index contributed by atoms with van der Waals surface area (Å²) in [6, 6.07) is 13.4. The van der Waals surface area contributed by atoms with Crippen LogP contribution in [0, 0.1) is 5.82 Å². The summed E-state index contributed by atoms with van der Waals surface area (Å²) in [6.07, 6.45) is 0. The van der Waals surface area contributed by atoms with Gasteiger partial charge in [-0.3, -0.25) is 4.79 Å². The van der Waals surface area contributed by atoms with Gasteiger partial charge in [-0.15, -0.1) is 11.6 Å². The largest absolute Gasteiger partial charge is 0.307 e. The molecule has 5 heteroatoms. The van der Waals surface area contributed by atoms with E-state index < -0.39 is 5.82 Å². The number of amides is 1. The molecular weight excluding hydrogens is 300 g/mol. The van der Waals surface area contributed by atoms with Crippen LogP contribution >= 0.6 is 23.2 Å². The summed E-state index contributed by atoms with van der Waals surface area (Å²) in [6.45, 7) is 0.0427. The Morgan fingerprint density at radius 2 is 1.80 bits per heavy atom. The fourth-order valence-electron chi connectivity index (χ4n) is 1.85. The standard InChI is InChI=1S/C15H12Cl2FNO/c16-9-15(20)19(11-5-2-1-3-6-11)10-12-13(17)7-4-8-14(12)18/h1-8H,9-10H2. The van der Waals surface area contributed by atoms with Gasteiger partial charge >= 0.3 is 0 Å². The fraction of sp³-hybridized carbons (Fsp3) is 0.133. The van der Waals surface area contributed by atoms with Gasteiger partial charge in [-0.2, -0.15) is 0 Å². The van der Waals surface area contributed by atoms with Gasteiger partial charge in [0.25, 0.3) is 0 Å². The van der Waals surface area contributed by atoms with Crippen LogP contribution in [-0.4, -0.2) is 11.8 Å². The number of nitrogens with zero attached hydrogens (tertiary/aromatic N) is 1. The minimum Gasteiger partial charge on any atom is -0.307 e. The van der Waals surface area contributed by atoms with Gasteiger partial charge in [0.1, 0.15) is 11.7 Å². The quantitative estimate of drug-likeness (QED) is 0.773. The smallest absolute Gasteiger partial charge is 0.242 e. The number of hydrogen-bond acceptors (Lipinski definition) is 1. The number of halogens is 3. The molecule has 0 radical (unpaired) electrons. The highest BCUT2D eigenvalue weighted by Gasteiger charge is 2.18. The molecule has 2 aromatic carbocycles. The average molecular weight is 312 g/mol. The van der Waals surface area contributed by atoms with Gasteiger partial charge in [0.15, 0.2) is 0 Å². The molecular formula is C15H12Cl2FNO. The Morgan fingerprint density at radius 1 is 1.10 bits per heavy atom. The van der Waals surface area contributed by atoms with Crippen molar-refractivity contribution < 1.29 is 9.18 Å². The normalized spacial score (nSPS) is 10.3. The summed E-state index contributed by atoms with van der Waals surface area (Å²) in [5.74, 6) is -0.931. The van der Waals surface area contributed by atoms with Crippen LogP contribution < -0.4 is 4.90 Å². The number of anilines is 1. The maximum absolute atomic E-state index is 13.8. The lowest BCUT2D eigenvalue weighted by Crippen LogP contribution is -2.31. The van der Waals surface area contributed by atoms with Gasteiger partial charge in [-0.25, -0.2) is 4.39 Å². The van der Waals surface area contributed by atoms with E-state index in [2.05, 4.69) is 0 Å². The zero-order valence-corrected chi connectivity index (χ0v) is 12.0. The first-order valence-corrected chi connectivity index (χ1v) is 6.89. The average Bonchev–Trinajstić information content (AvgIpc) is 2.47. The van der Waals surface area contributed by atoms with Gasteiger partial charge in [0, 0.05) is 16.3 Å². The molecule has 0 aliphatic carbocycles. The molecule has 0 aliphatic rings. The summed E-state index contributed by atoms with van der Waals surface area (Å²) in [7, 11) is 0. The van der Waals surface area contributed by atoms with Crippen LogP contribution in [0.25, 0.3) is 0 Å². The van der Waals surface area contributed by atoms with Gasteiger partial charge in [-0.05, 0) is 24.3 Å². The molecule has 0 saturated heterocycles. The van der Waals surface area contributed by atoms with Gasteiger partial charge in [-0.1, -0.05) is 35.9 Å². The van der Waals surface area contributed by atoms with Crippen LogP contribution in [0.15, 0.2) is 48.5 Å². The van der Waals surface area contributed by atoms with Crippen LogP contribution in [0.2, 0.25) is 5.02 Å². The predicted octanol–water partition coefficient (Wildman–Crippen LogP) is 4.25. The molecule has 20 heavy (non-hydrogen) atoms. The van der Waals surface area contributed by atoms with Crippen LogP contribution in [0.3, 0.4) is 0 Å².